The van der Waals surface area contributed by atoms with Gasteiger partial charge in [0.2, 0.25) is 5.91 Å². The minimum absolute atomic E-state index is 0.155. The van der Waals surface area contributed by atoms with E-state index in [1.165, 1.54) is 12.7 Å². The van der Waals surface area contributed by atoms with Gasteiger partial charge in [0.1, 0.15) is 5.75 Å². The molecule has 0 fully saturated rings. The summed E-state index contributed by atoms with van der Waals surface area (Å²) in [4.78, 5) is 25.5. The van der Waals surface area contributed by atoms with Crippen molar-refractivity contribution in [1.82, 2.24) is 0 Å². The van der Waals surface area contributed by atoms with Gasteiger partial charge in [-0.05, 0) is 60.9 Å². The van der Waals surface area contributed by atoms with Crippen LogP contribution < -0.4 is 9.64 Å². The summed E-state index contributed by atoms with van der Waals surface area (Å²) in [5.74, 6) is 0.472. The summed E-state index contributed by atoms with van der Waals surface area (Å²) < 4.78 is 11.4. The Morgan fingerprint density at radius 2 is 1.92 bits per heavy atom. The van der Waals surface area contributed by atoms with Crippen LogP contribution in [0, 0.1) is 0 Å². The molecule has 0 saturated carbocycles. The Kier molecular flexibility index (Phi) is 5.93. The molecule has 0 unspecified atom stereocenters. The molecular formula is C20H20BrNO4. The van der Waals surface area contributed by atoms with Crippen LogP contribution in [-0.2, 0) is 16.0 Å². The van der Waals surface area contributed by atoms with Crippen molar-refractivity contribution in [2.24, 2.45) is 0 Å². The first kappa shape index (κ1) is 18.5. The van der Waals surface area contributed by atoms with Crippen LogP contribution in [0.4, 0.5) is 5.69 Å². The Bertz CT molecular complexity index is 804. The summed E-state index contributed by atoms with van der Waals surface area (Å²) >= 11 is 3.48. The van der Waals surface area contributed by atoms with Gasteiger partial charge in [-0.3, -0.25) is 4.79 Å². The van der Waals surface area contributed by atoms with E-state index in [1.54, 1.807) is 24.3 Å². The predicted octanol–water partition coefficient (Wildman–Crippen LogP) is 3.98. The lowest BCUT2D eigenvalue weighted by Gasteiger charge is -2.29. The molecule has 2 aromatic rings. The summed E-state index contributed by atoms with van der Waals surface area (Å²) in [6, 6.07) is 12.9. The monoisotopic (exact) mass is 417 g/mol. The molecular weight excluding hydrogens is 398 g/mol. The Hall–Kier alpha value is -2.34. The fraction of sp³-hybridized carbons (Fsp3) is 0.300. The fourth-order valence-corrected chi connectivity index (χ4v) is 3.40. The Morgan fingerprint density at radius 3 is 2.65 bits per heavy atom. The number of rotatable bonds is 6. The number of nitrogens with zero attached hydrogens (tertiary/aromatic N) is 1. The number of halogens is 1. The van der Waals surface area contributed by atoms with Gasteiger partial charge >= 0.3 is 5.97 Å². The number of carbonyl (C=O) groups is 2. The molecule has 136 valence electrons. The van der Waals surface area contributed by atoms with Gasteiger partial charge < -0.3 is 14.4 Å². The minimum Gasteiger partial charge on any atom is -0.494 e. The van der Waals surface area contributed by atoms with E-state index < -0.39 is 0 Å². The number of esters is 1. The molecule has 1 aliphatic rings. The van der Waals surface area contributed by atoms with E-state index in [4.69, 9.17) is 4.74 Å². The zero-order valence-electron chi connectivity index (χ0n) is 14.5. The van der Waals surface area contributed by atoms with E-state index in [9.17, 15) is 9.59 Å². The molecule has 1 aliphatic heterocycles. The van der Waals surface area contributed by atoms with Crippen molar-refractivity contribution in [3.8, 4) is 5.75 Å². The molecule has 2 aromatic carbocycles. The molecule has 26 heavy (non-hydrogen) atoms. The SMILES string of the molecule is COC(=O)c1ccc(OCCCN2C(=O)CCc3cc(Br)ccc32)cc1. The summed E-state index contributed by atoms with van der Waals surface area (Å²) in [7, 11) is 1.35. The summed E-state index contributed by atoms with van der Waals surface area (Å²) in [6.07, 6.45) is 2.05. The molecule has 0 atom stereocenters. The van der Waals surface area contributed by atoms with Crippen molar-refractivity contribution in [2.45, 2.75) is 19.3 Å². The average Bonchev–Trinajstić information content (AvgIpc) is 2.66. The van der Waals surface area contributed by atoms with Gasteiger partial charge in [-0.15, -0.1) is 0 Å². The maximum Gasteiger partial charge on any atom is 0.337 e. The molecule has 1 heterocycles. The van der Waals surface area contributed by atoms with Crippen molar-refractivity contribution in [2.75, 3.05) is 25.2 Å². The highest BCUT2D eigenvalue weighted by molar-refractivity contribution is 9.10. The second-order valence-electron chi connectivity index (χ2n) is 6.04. The molecule has 3 rings (SSSR count). The van der Waals surface area contributed by atoms with Gasteiger partial charge in [-0.25, -0.2) is 4.79 Å². The standard InChI is InChI=1S/C20H20BrNO4/c1-25-20(24)14-3-7-17(8-4-14)26-12-2-11-22-18-9-6-16(21)13-15(18)5-10-19(22)23/h3-4,6-9,13H,2,5,10-12H2,1H3. The second-order valence-corrected chi connectivity index (χ2v) is 6.95. The van der Waals surface area contributed by atoms with E-state index >= 15 is 0 Å². The van der Waals surface area contributed by atoms with E-state index in [0.717, 1.165) is 23.0 Å². The number of hydrogen-bond acceptors (Lipinski definition) is 4. The third kappa shape index (κ3) is 4.25. The summed E-state index contributed by atoms with van der Waals surface area (Å²) in [5, 5.41) is 0. The molecule has 0 spiro atoms. The predicted molar refractivity (Wildman–Crippen MR) is 103 cm³/mol. The van der Waals surface area contributed by atoms with E-state index in [2.05, 4.69) is 26.7 Å². The second kappa shape index (κ2) is 8.36. The van der Waals surface area contributed by atoms with Gasteiger partial charge in [0.05, 0.1) is 19.3 Å². The van der Waals surface area contributed by atoms with Crippen LogP contribution in [0.2, 0.25) is 0 Å². The maximum atomic E-state index is 12.3. The van der Waals surface area contributed by atoms with Crippen LogP contribution >= 0.6 is 15.9 Å². The van der Waals surface area contributed by atoms with Crippen LogP contribution in [0.25, 0.3) is 0 Å². The highest BCUT2D eigenvalue weighted by Gasteiger charge is 2.23. The first-order valence-corrected chi connectivity index (χ1v) is 9.28. The average molecular weight is 418 g/mol. The molecule has 5 nitrogen and oxygen atoms in total. The van der Waals surface area contributed by atoms with Crippen LogP contribution in [0.5, 0.6) is 5.75 Å². The molecule has 0 aliphatic carbocycles. The van der Waals surface area contributed by atoms with Crippen molar-refractivity contribution < 1.29 is 19.1 Å². The van der Waals surface area contributed by atoms with Crippen LogP contribution in [0.15, 0.2) is 46.9 Å². The Labute approximate surface area is 161 Å². The largest absolute Gasteiger partial charge is 0.494 e. The fourth-order valence-electron chi connectivity index (χ4n) is 2.99. The third-order valence-corrected chi connectivity index (χ3v) is 4.81. The molecule has 0 bridgehead atoms. The lowest BCUT2D eigenvalue weighted by molar-refractivity contribution is -0.118. The number of anilines is 1. The van der Waals surface area contributed by atoms with Gasteiger partial charge in [0.25, 0.3) is 0 Å². The van der Waals surface area contributed by atoms with Crippen molar-refractivity contribution in [3.63, 3.8) is 0 Å². The molecule has 0 radical (unpaired) electrons. The normalized spacial score (nSPS) is 13.3. The molecule has 0 saturated heterocycles. The van der Waals surface area contributed by atoms with Crippen molar-refractivity contribution >= 4 is 33.5 Å². The zero-order chi connectivity index (χ0) is 18.5. The number of hydrogen-bond donors (Lipinski definition) is 0. The number of fused-ring (bicyclic) bond motifs is 1. The number of aryl methyl sites for hydroxylation is 1. The van der Waals surface area contributed by atoms with Crippen molar-refractivity contribution in [1.29, 1.82) is 0 Å². The van der Waals surface area contributed by atoms with E-state index in [-0.39, 0.29) is 11.9 Å². The van der Waals surface area contributed by atoms with Crippen LogP contribution in [0.1, 0.15) is 28.8 Å². The molecule has 1 amide bonds. The number of amides is 1. The van der Waals surface area contributed by atoms with Gasteiger partial charge in [0.15, 0.2) is 0 Å². The van der Waals surface area contributed by atoms with E-state index in [0.29, 0.717) is 30.9 Å². The molecule has 6 heteroatoms. The quantitative estimate of drug-likeness (QED) is 0.526. The van der Waals surface area contributed by atoms with E-state index in [1.807, 2.05) is 17.0 Å². The number of ether oxygens (including phenoxy) is 2. The summed E-state index contributed by atoms with van der Waals surface area (Å²) in [5.41, 5.74) is 2.67. The first-order valence-electron chi connectivity index (χ1n) is 8.48. The van der Waals surface area contributed by atoms with Gasteiger partial charge in [-0.2, -0.15) is 0 Å². The maximum absolute atomic E-state index is 12.3. The smallest absolute Gasteiger partial charge is 0.337 e. The summed E-state index contributed by atoms with van der Waals surface area (Å²) in [6.45, 7) is 1.11. The zero-order valence-corrected chi connectivity index (χ0v) is 16.1. The van der Waals surface area contributed by atoms with Crippen molar-refractivity contribution in [3.05, 3.63) is 58.1 Å². The highest BCUT2D eigenvalue weighted by atomic mass is 79.9. The molecule has 0 aromatic heterocycles. The number of methoxy groups -OCH3 is 1. The Morgan fingerprint density at radius 1 is 1.15 bits per heavy atom. The van der Waals surface area contributed by atoms with Crippen LogP contribution in [-0.4, -0.2) is 32.1 Å². The van der Waals surface area contributed by atoms with Crippen LogP contribution in [0.3, 0.4) is 0 Å². The number of benzene rings is 2. The topological polar surface area (TPSA) is 55.8 Å². The lowest BCUT2D eigenvalue weighted by atomic mass is 10.0. The number of carbonyl (C=O) groups excluding carboxylic acids is 2. The highest BCUT2D eigenvalue weighted by Crippen LogP contribution is 2.30. The third-order valence-electron chi connectivity index (χ3n) is 4.31. The Balaban J connectivity index is 1.54. The van der Waals surface area contributed by atoms with Gasteiger partial charge in [0, 0.05) is 23.1 Å². The van der Waals surface area contributed by atoms with Gasteiger partial charge in [-0.1, -0.05) is 15.9 Å². The molecule has 0 N–H and O–H groups in total. The first-order chi connectivity index (χ1) is 12.6. The minimum atomic E-state index is -0.370. The lowest BCUT2D eigenvalue weighted by Crippen LogP contribution is -2.36.